The molecule has 0 amide bonds. The highest BCUT2D eigenvalue weighted by Crippen LogP contribution is 2.45. The molecule has 0 bridgehead atoms. The molecule has 0 saturated heterocycles. The highest BCUT2D eigenvalue weighted by atomic mass is 32.1. The Morgan fingerprint density at radius 2 is 1.13 bits per heavy atom. The lowest BCUT2D eigenvalue weighted by Gasteiger charge is -2.11. The first-order chi connectivity index (χ1) is 19.3. The van der Waals surface area contributed by atoms with Crippen molar-refractivity contribution in [3.8, 4) is 11.4 Å². The normalized spacial score (nSPS) is 12.1. The number of rotatable bonds is 2. The fraction of sp³-hybridized carbons (Fsp3) is 0. The zero-order chi connectivity index (χ0) is 25.5. The SMILES string of the molecule is c1ccc(-n2c3cc4c(cc3c3sc5ccccc5c32)c2ccccc2n4-c2ccc3ccccc3c2)cc1. The summed E-state index contributed by atoms with van der Waals surface area (Å²) >= 11 is 1.90. The summed E-state index contributed by atoms with van der Waals surface area (Å²) in [6.45, 7) is 0. The van der Waals surface area contributed by atoms with Crippen molar-refractivity contribution in [1.29, 1.82) is 0 Å². The van der Waals surface area contributed by atoms with Crippen LogP contribution in [0.1, 0.15) is 0 Å². The lowest BCUT2D eigenvalue weighted by Crippen LogP contribution is -1.96. The summed E-state index contributed by atoms with van der Waals surface area (Å²) < 4.78 is 7.57. The summed E-state index contributed by atoms with van der Waals surface area (Å²) in [6, 6.07) is 48.6. The van der Waals surface area contributed by atoms with Crippen LogP contribution in [-0.2, 0) is 0 Å². The Morgan fingerprint density at radius 3 is 2.03 bits per heavy atom. The third-order valence-electron chi connectivity index (χ3n) is 8.07. The molecular formula is C36H22N2S. The monoisotopic (exact) mass is 514 g/mol. The first kappa shape index (κ1) is 21.1. The van der Waals surface area contributed by atoms with Gasteiger partial charge in [0.2, 0.25) is 0 Å². The second-order valence-corrected chi connectivity index (χ2v) is 11.3. The Balaban J connectivity index is 1.48. The van der Waals surface area contributed by atoms with Crippen LogP contribution in [0.5, 0.6) is 0 Å². The highest BCUT2D eigenvalue weighted by molar-refractivity contribution is 7.26. The van der Waals surface area contributed by atoms with Gasteiger partial charge in [-0.25, -0.2) is 0 Å². The number of para-hydroxylation sites is 2. The molecule has 0 N–H and O–H groups in total. The maximum atomic E-state index is 2.46. The molecular weight excluding hydrogens is 492 g/mol. The lowest BCUT2D eigenvalue weighted by atomic mass is 10.1. The van der Waals surface area contributed by atoms with E-state index in [0.29, 0.717) is 0 Å². The molecule has 0 spiro atoms. The van der Waals surface area contributed by atoms with E-state index in [-0.39, 0.29) is 0 Å². The number of hydrogen-bond donors (Lipinski definition) is 0. The smallest absolute Gasteiger partial charge is 0.0727 e. The summed E-state index contributed by atoms with van der Waals surface area (Å²) in [7, 11) is 0. The number of benzene rings is 6. The Bertz CT molecular complexity index is 2390. The van der Waals surface area contributed by atoms with E-state index in [0.717, 1.165) is 0 Å². The Kier molecular flexibility index (Phi) is 4.24. The summed E-state index contributed by atoms with van der Waals surface area (Å²) in [4.78, 5) is 0. The van der Waals surface area contributed by atoms with Crippen molar-refractivity contribution in [2.75, 3.05) is 0 Å². The van der Waals surface area contributed by atoms with Gasteiger partial charge in [0, 0.05) is 37.6 Å². The van der Waals surface area contributed by atoms with Crippen LogP contribution in [0.4, 0.5) is 0 Å². The van der Waals surface area contributed by atoms with E-state index in [4.69, 9.17) is 0 Å². The van der Waals surface area contributed by atoms with Crippen molar-refractivity contribution in [3.05, 3.63) is 133 Å². The van der Waals surface area contributed by atoms with Gasteiger partial charge in [0.25, 0.3) is 0 Å². The van der Waals surface area contributed by atoms with E-state index in [2.05, 4.69) is 143 Å². The first-order valence-corrected chi connectivity index (χ1v) is 14.1. The van der Waals surface area contributed by atoms with E-state index in [1.807, 2.05) is 11.3 Å². The summed E-state index contributed by atoms with van der Waals surface area (Å²) in [5.41, 5.74) is 7.37. The Hall–Kier alpha value is -4.86. The third kappa shape index (κ3) is 2.91. The quantitative estimate of drug-likeness (QED) is 0.217. The minimum atomic E-state index is 1.18. The molecule has 2 nitrogen and oxygen atoms in total. The second-order valence-electron chi connectivity index (χ2n) is 10.2. The molecule has 39 heavy (non-hydrogen) atoms. The largest absolute Gasteiger partial charge is 0.309 e. The summed E-state index contributed by atoms with van der Waals surface area (Å²) in [5.74, 6) is 0. The predicted molar refractivity (Wildman–Crippen MR) is 168 cm³/mol. The third-order valence-corrected chi connectivity index (χ3v) is 9.27. The van der Waals surface area contributed by atoms with Crippen molar-refractivity contribution >= 4 is 75.1 Å². The van der Waals surface area contributed by atoms with Crippen LogP contribution in [0.3, 0.4) is 0 Å². The molecule has 0 atom stereocenters. The minimum Gasteiger partial charge on any atom is -0.309 e. The van der Waals surface area contributed by atoms with Crippen LogP contribution in [0, 0.1) is 0 Å². The highest BCUT2D eigenvalue weighted by Gasteiger charge is 2.21. The van der Waals surface area contributed by atoms with Gasteiger partial charge in [-0.1, -0.05) is 84.9 Å². The Labute approximate surface area is 228 Å². The molecule has 9 aromatic rings. The van der Waals surface area contributed by atoms with Crippen molar-refractivity contribution in [1.82, 2.24) is 9.13 Å². The van der Waals surface area contributed by atoms with Crippen molar-refractivity contribution in [2.45, 2.75) is 0 Å². The molecule has 0 aliphatic carbocycles. The molecule has 3 aromatic heterocycles. The fourth-order valence-electron chi connectivity index (χ4n) is 6.37. The minimum absolute atomic E-state index is 1.18. The number of fused-ring (bicyclic) bond motifs is 9. The molecule has 0 aliphatic heterocycles. The van der Waals surface area contributed by atoms with E-state index in [1.54, 1.807) is 0 Å². The molecule has 9 rings (SSSR count). The standard InChI is InChI=1S/C36H22N2S/c1-2-12-25(13-3-1)38-33-22-32-29(21-30(33)36-35(38)28-15-7-9-17-34(28)39-36)27-14-6-8-16-31(27)37(32)26-19-18-23-10-4-5-11-24(23)20-26/h1-22H. The van der Waals surface area contributed by atoms with Crippen LogP contribution in [0.15, 0.2) is 133 Å². The van der Waals surface area contributed by atoms with E-state index < -0.39 is 0 Å². The van der Waals surface area contributed by atoms with Crippen LogP contribution >= 0.6 is 11.3 Å². The van der Waals surface area contributed by atoms with Gasteiger partial charge in [0.1, 0.15) is 0 Å². The van der Waals surface area contributed by atoms with Gasteiger partial charge >= 0.3 is 0 Å². The van der Waals surface area contributed by atoms with Crippen LogP contribution in [0.2, 0.25) is 0 Å². The lowest BCUT2D eigenvalue weighted by molar-refractivity contribution is 1.17. The van der Waals surface area contributed by atoms with Gasteiger partial charge in [-0.05, 0) is 59.3 Å². The van der Waals surface area contributed by atoms with Crippen LogP contribution in [0.25, 0.3) is 75.2 Å². The maximum absolute atomic E-state index is 2.46. The van der Waals surface area contributed by atoms with Crippen LogP contribution in [-0.4, -0.2) is 9.13 Å². The number of thiophene rings is 1. The number of nitrogens with zero attached hydrogens (tertiary/aromatic N) is 2. The summed E-state index contributed by atoms with van der Waals surface area (Å²) in [6.07, 6.45) is 0. The first-order valence-electron chi connectivity index (χ1n) is 13.3. The molecule has 3 heterocycles. The summed E-state index contributed by atoms with van der Waals surface area (Å²) in [5, 5.41) is 7.70. The zero-order valence-electron chi connectivity index (χ0n) is 21.0. The fourth-order valence-corrected chi connectivity index (χ4v) is 7.58. The van der Waals surface area contributed by atoms with Gasteiger partial charge in [0.15, 0.2) is 0 Å². The number of aromatic nitrogens is 2. The molecule has 0 radical (unpaired) electrons. The molecule has 3 heteroatoms. The zero-order valence-corrected chi connectivity index (χ0v) is 21.8. The van der Waals surface area contributed by atoms with Gasteiger partial charge in [-0.15, -0.1) is 11.3 Å². The van der Waals surface area contributed by atoms with Gasteiger partial charge in [-0.2, -0.15) is 0 Å². The molecule has 0 aliphatic rings. The van der Waals surface area contributed by atoms with Crippen LogP contribution < -0.4 is 0 Å². The Morgan fingerprint density at radius 1 is 0.410 bits per heavy atom. The van der Waals surface area contributed by atoms with Crippen molar-refractivity contribution in [3.63, 3.8) is 0 Å². The molecule has 6 aromatic carbocycles. The van der Waals surface area contributed by atoms with E-state index in [9.17, 15) is 0 Å². The molecule has 0 fully saturated rings. The van der Waals surface area contributed by atoms with E-state index >= 15 is 0 Å². The predicted octanol–water partition coefficient (Wildman–Crippen LogP) is 10.2. The molecule has 182 valence electrons. The topological polar surface area (TPSA) is 9.86 Å². The van der Waals surface area contributed by atoms with Gasteiger partial charge < -0.3 is 9.13 Å². The molecule has 0 saturated carbocycles. The van der Waals surface area contributed by atoms with E-state index in [1.165, 1.54) is 75.2 Å². The van der Waals surface area contributed by atoms with Gasteiger partial charge in [0.05, 0.1) is 26.8 Å². The van der Waals surface area contributed by atoms with Crippen molar-refractivity contribution in [2.24, 2.45) is 0 Å². The average molecular weight is 515 g/mol. The van der Waals surface area contributed by atoms with Crippen molar-refractivity contribution < 1.29 is 0 Å². The average Bonchev–Trinajstić information content (AvgIpc) is 3.63. The second kappa shape index (κ2) is 7.83. The number of hydrogen-bond acceptors (Lipinski definition) is 1. The van der Waals surface area contributed by atoms with Gasteiger partial charge in [-0.3, -0.25) is 0 Å². The molecule has 0 unspecified atom stereocenters. The maximum Gasteiger partial charge on any atom is 0.0727 e.